The van der Waals surface area contributed by atoms with Crippen LogP contribution in [0.25, 0.3) is 39.4 Å². The number of carbonyl (C=O) groups excluding carboxylic acids is 1. The van der Waals surface area contributed by atoms with Crippen molar-refractivity contribution in [3.05, 3.63) is 101 Å². The Hall–Kier alpha value is -4.23. The Bertz CT molecular complexity index is 1570. The van der Waals surface area contributed by atoms with Gasteiger partial charge in [-0.05, 0) is 48.9 Å². The van der Waals surface area contributed by atoms with Gasteiger partial charge in [0.15, 0.2) is 0 Å². The summed E-state index contributed by atoms with van der Waals surface area (Å²) >= 11 is 6.02. The van der Waals surface area contributed by atoms with Crippen LogP contribution in [0.5, 0.6) is 0 Å². The molecule has 8 heteroatoms. The summed E-state index contributed by atoms with van der Waals surface area (Å²) in [6.07, 6.45) is 3.33. The third-order valence-corrected chi connectivity index (χ3v) is 5.99. The predicted octanol–water partition coefficient (Wildman–Crippen LogP) is 4.62. The van der Waals surface area contributed by atoms with Crippen LogP contribution in [0.2, 0.25) is 5.02 Å². The molecule has 2 N–H and O–H groups in total. The highest BCUT2D eigenvalue weighted by molar-refractivity contribution is 6.30. The van der Waals surface area contributed by atoms with Crippen LogP contribution in [0.1, 0.15) is 13.0 Å². The molecule has 3 aromatic heterocycles. The summed E-state index contributed by atoms with van der Waals surface area (Å²) in [7, 11) is 0. The molecule has 0 saturated heterocycles. The molecule has 0 spiro atoms. The van der Waals surface area contributed by atoms with Gasteiger partial charge < -0.3 is 10.3 Å². The maximum Gasteiger partial charge on any atom is 0.267 e. The summed E-state index contributed by atoms with van der Waals surface area (Å²) in [5.74, 6) is 0.482. The lowest BCUT2D eigenvalue weighted by Crippen LogP contribution is -2.23. The second kappa shape index (κ2) is 8.61. The van der Waals surface area contributed by atoms with E-state index in [-0.39, 0.29) is 5.56 Å². The van der Waals surface area contributed by atoms with Crippen molar-refractivity contribution in [2.24, 2.45) is 5.73 Å². The number of hydrogen-bond donors (Lipinski definition) is 1. The van der Waals surface area contributed by atoms with Crippen LogP contribution in [-0.4, -0.2) is 25.0 Å². The minimum atomic E-state index is -0.479. The summed E-state index contributed by atoms with van der Waals surface area (Å²) in [5, 5.41) is 0.975. The highest BCUT2D eigenvalue weighted by atomic mass is 35.5. The lowest BCUT2D eigenvalue weighted by Gasteiger charge is -2.16. The normalized spacial score (nSPS) is 12.1. The van der Waals surface area contributed by atoms with Crippen molar-refractivity contribution < 1.29 is 4.79 Å². The van der Waals surface area contributed by atoms with E-state index >= 15 is 0 Å². The molecular weight excluding hydrogens is 450 g/mol. The molecule has 0 bridgehead atoms. The maximum atomic E-state index is 13.4. The molecule has 7 nitrogen and oxygen atoms in total. The van der Waals surface area contributed by atoms with Gasteiger partial charge in [0.05, 0.1) is 15.9 Å². The van der Waals surface area contributed by atoms with Crippen molar-refractivity contribution in [1.29, 1.82) is 0 Å². The number of nitrogens with two attached hydrogens (primary N) is 1. The Morgan fingerprint density at radius 1 is 0.971 bits per heavy atom. The van der Waals surface area contributed by atoms with Crippen molar-refractivity contribution in [3.63, 3.8) is 0 Å². The van der Waals surface area contributed by atoms with Crippen LogP contribution < -0.4 is 11.3 Å². The Kier molecular flexibility index (Phi) is 5.47. The molecule has 0 aliphatic heterocycles. The first-order valence-electron chi connectivity index (χ1n) is 10.6. The third kappa shape index (κ3) is 3.76. The number of aromatic nitrogens is 4. The molecule has 3 heterocycles. The van der Waals surface area contributed by atoms with Crippen molar-refractivity contribution in [2.75, 3.05) is 0 Å². The van der Waals surface area contributed by atoms with Crippen LogP contribution in [0, 0.1) is 0 Å². The number of amides is 1. The molecule has 1 atom stereocenters. The number of primary amides is 1. The van der Waals surface area contributed by atoms with E-state index in [2.05, 4.69) is 4.98 Å². The number of pyridine rings is 1. The number of fused-ring (bicyclic) bond motifs is 1. The number of hydrogen-bond acceptors (Lipinski definition) is 4. The number of carbonyl (C=O) groups is 1. The molecule has 0 aliphatic rings. The molecule has 168 valence electrons. The zero-order valence-electron chi connectivity index (χ0n) is 18.2. The first kappa shape index (κ1) is 21.6. The first-order valence-corrected chi connectivity index (χ1v) is 11.0. The van der Waals surface area contributed by atoms with Gasteiger partial charge in [-0.2, -0.15) is 0 Å². The summed E-state index contributed by atoms with van der Waals surface area (Å²) < 4.78 is 3.32. The molecule has 1 amide bonds. The van der Waals surface area contributed by atoms with Gasteiger partial charge in [0.2, 0.25) is 5.91 Å². The maximum absolute atomic E-state index is 13.4. The molecule has 34 heavy (non-hydrogen) atoms. The summed E-state index contributed by atoms with van der Waals surface area (Å²) in [6.45, 7) is 1.76. The van der Waals surface area contributed by atoms with Gasteiger partial charge in [-0.3, -0.25) is 9.59 Å². The van der Waals surface area contributed by atoms with E-state index in [1.54, 1.807) is 25.1 Å². The molecule has 0 saturated carbocycles. The highest BCUT2D eigenvalue weighted by Gasteiger charge is 2.17. The van der Waals surface area contributed by atoms with E-state index in [1.165, 1.54) is 10.8 Å². The van der Waals surface area contributed by atoms with Gasteiger partial charge >= 0.3 is 0 Å². The van der Waals surface area contributed by atoms with Gasteiger partial charge in [0.25, 0.3) is 5.56 Å². The molecular formula is C26H20ClN5O2. The molecule has 2 aromatic carbocycles. The van der Waals surface area contributed by atoms with Gasteiger partial charge in [0, 0.05) is 23.7 Å². The molecule has 5 rings (SSSR count). The van der Waals surface area contributed by atoms with E-state index in [4.69, 9.17) is 22.3 Å². The number of halogens is 1. The number of nitrogens with zero attached hydrogens (tertiary/aromatic N) is 4. The Morgan fingerprint density at radius 2 is 1.71 bits per heavy atom. The van der Waals surface area contributed by atoms with Crippen molar-refractivity contribution >= 4 is 28.4 Å². The topological polar surface area (TPSA) is 95.8 Å². The van der Waals surface area contributed by atoms with Crippen LogP contribution >= 0.6 is 11.6 Å². The SMILES string of the molecule is CC(C(N)=O)n1cccc1-c1ccc(-c2nc3ccccc3c(=O)n2-c2ccc(Cl)cn2)cc1. The molecule has 5 aromatic rings. The second-order valence-electron chi connectivity index (χ2n) is 7.88. The van der Waals surface area contributed by atoms with Crippen LogP contribution in [0.3, 0.4) is 0 Å². The van der Waals surface area contributed by atoms with E-state index < -0.39 is 11.9 Å². The van der Waals surface area contributed by atoms with Gasteiger partial charge in [0.1, 0.15) is 17.7 Å². The number of rotatable bonds is 5. The van der Waals surface area contributed by atoms with Crippen LogP contribution in [-0.2, 0) is 4.79 Å². The Morgan fingerprint density at radius 3 is 2.41 bits per heavy atom. The molecule has 0 radical (unpaired) electrons. The standard InChI is InChI=1S/C26H20ClN5O2/c1-16(24(28)33)31-14-4-7-22(31)17-8-10-18(11-9-17)25-30-21-6-3-2-5-20(21)26(34)32(25)23-13-12-19(27)15-29-23/h2-16H,1H3,(H2,28,33). The average molecular weight is 470 g/mol. The van der Waals surface area contributed by atoms with Crippen molar-refractivity contribution in [1.82, 2.24) is 19.1 Å². The van der Waals surface area contributed by atoms with E-state index in [1.807, 2.05) is 65.4 Å². The predicted molar refractivity (Wildman–Crippen MR) is 133 cm³/mol. The van der Waals surface area contributed by atoms with Crippen LogP contribution in [0.4, 0.5) is 0 Å². The first-order chi connectivity index (χ1) is 16.4. The van der Waals surface area contributed by atoms with Crippen molar-refractivity contribution in [3.8, 4) is 28.5 Å². The summed E-state index contributed by atoms with van der Waals surface area (Å²) in [6, 6.07) is 21.6. The minimum absolute atomic E-state index is 0.219. The fourth-order valence-corrected chi connectivity index (χ4v) is 4.05. The lowest BCUT2D eigenvalue weighted by molar-refractivity contribution is -0.120. The summed E-state index contributed by atoms with van der Waals surface area (Å²) in [5.41, 5.74) is 8.39. The fourth-order valence-electron chi connectivity index (χ4n) is 3.94. The largest absolute Gasteiger partial charge is 0.368 e. The monoisotopic (exact) mass is 469 g/mol. The van der Waals surface area contributed by atoms with E-state index in [9.17, 15) is 9.59 Å². The lowest BCUT2D eigenvalue weighted by atomic mass is 10.1. The van der Waals surface area contributed by atoms with Gasteiger partial charge in [-0.25, -0.2) is 14.5 Å². The zero-order chi connectivity index (χ0) is 23.8. The minimum Gasteiger partial charge on any atom is -0.368 e. The fraction of sp³-hybridized carbons (Fsp3) is 0.0769. The molecule has 1 unspecified atom stereocenters. The van der Waals surface area contributed by atoms with Gasteiger partial charge in [-0.15, -0.1) is 0 Å². The van der Waals surface area contributed by atoms with E-state index in [0.717, 1.165) is 16.8 Å². The molecule has 0 aliphatic carbocycles. The molecule has 0 fully saturated rings. The number of para-hydroxylation sites is 1. The Balaban J connectivity index is 1.66. The summed E-state index contributed by atoms with van der Waals surface area (Å²) in [4.78, 5) is 34.3. The quantitative estimate of drug-likeness (QED) is 0.406. The third-order valence-electron chi connectivity index (χ3n) is 5.76. The highest BCUT2D eigenvalue weighted by Crippen LogP contribution is 2.28. The number of benzene rings is 2. The average Bonchev–Trinajstić information content (AvgIpc) is 3.34. The van der Waals surface area contributed by atoms with Crippen LogP contribution in [0.15, 0.2) is 90.0 Å². The van der Waals surface area contributed by atoms with E-state index in [0.29, 0.717) is 27.6 Å². The zero-order valence-corrected chi connectivity index (χ0v) is 19.0. The second-order valence-corrected chi connectivity index (χ2v) is 8.32. The Labute approximate surface area is 200 Å². The smallest absolute Gasteiger partial charge is 0.267 e. The van der Waals surface area contributed by atoms with Gasteiger partial charge in [-0.1, -0.05) is 48.0 Å². The van der Waals surface area contributed by atoms with Crippen molar-refractivity contribution in [2.45, 2.75) is 13.0 Å².